The molecule has 4 heterocycles. The minimum absolute atomic E-state index is 0.0749. The smallest absolute Gasteiger partial charge is 0.262 e. The Morgan fingerprint density at radius 2 is 2.04 bits per heavy atom. The Morgan fingerprint density at radius 3 is 2.71 bits per heavy atom. The second-order valence-electron chi connectivity index (χ2n) is 7.06. The van der Waals surface area contributed by atoms with Gasteiger partial charge >= 0.3 is 0 Å². The average molecular weight is 488 g/mol. The van der Waals surface area contributed by atoms with Crippen molar-refractivity contribution in [2.24, 2.45) is 0 Å². The van der Waals surface area contributed by atoms with Gasteiger partial charge < -0.3 is 9.40 Å². The second kappa shape index (κ2) is 6.50. The number of nitrogens with one attached hydrogen (secondary N) is 1. The van der Waals surface area contributed by atoms with Crippen LogP contribution in [0.15, 0.2) is 33.9 Å². The summed E-state index contributed by atoms with van der Waals surface area (Å²) in [5.74, 6) is 2.42. The first kappa shape index (κ1) is 17.5. The number of fused-ring (bicyclic) bond motifs is 1. The third-order valence-electron chi connectivity index (χ3n) is 5.42. The third kappa shape index (κ3) is 2.67. The molecule has 0 amide bonds. The Hall–Kier alpha value is -2.56. The summed E-state index contributed by atoms with van der Waals surface area (Å²) in [4.78, 5) is 29.1. The SMILES string of the molecule is Cc1nc([C@H]2CC[C@@H]2c2nc3c(cnn3-c3cnccc3I)c(=O)[nH]2)oc1C. The van der Waals surface area contributed by atoms with Gasteiger partial charge in [0.25, 0.3) is 5.56 Å². The van der Waals surface area contributed by atoms with Crippen LogP contribution < -0.4 is 5.56 Å². The van der Waals surface area contributed by atoms with Gasteiger partial charge in [0.15, 0.2) is 11.5 Å². The minimum atomic E-state index is -0.185. The van der Waals surface area contributed by atoms with Crippen LogP contribution in [0.5, 0.6) is 0 Å². The van der Waals surface area contributed by atoms with Gasteiger partial charge in [-0.25, -0.2) is 14.6 Å². The molecule has 4 aromatic rings. The summed E-state index contributed by atoms with van der Waals surface area (Å²) in [6.45, 7) is 3.86. The van der Waals surface area contributed by atoms with E-state index in [-0.39, 0.29) is 17.4 Å². The molecule has 0 unspecified atom stereocenters. The van der Waals surface area contributed by atoms with Crippen LogP contribution in [0.1, 0.15) is 47.8 Å². The molecule has 0 saturated heterocycles. The normalized spacial score (nSPS) is 19.1. The number of H-pyrrole nitrogens is 1. The lowest BCUT2D eigenvalue weighted by Crippen LogP contribution is -2.26. The molecule has 8 nitrogen and oxygen atoms in total. The molecule has 1 saturated carbocycles. The van der Waals surface area contributed by atoms with Gasteiger partial charge in [0, 0.05) is 21.6 Å². The highest BCUT2D eigenvalue weighted by Gasteiger charge is 2.39. The fraction of sp³-hybridized carbons (Fsp3) is 0.316. The number of nitrogens with zero attached hydrogens (tertiary/aromatic N) is 5. The zero-order chi connectivity index (χ0) is 19.4. The van der Waals surface area contributed by atoms with Gasteiger partial charge in [0.05, 0.1) is 23.8 Å². The maximum Gasteiger partial charge on any atom is 0.262 e. The molecule has 1 aliphatic carbocycles. The van der Waals surface area contributed by atoms with Crippen molar-refractivity contribution < 1.29 is 4.42 Å². The zero-order valence-electron chi connectivity index (χ0n) is 15.3. The molecule has 0 aliphatic heterocycles. The number of halogens is 1. The fourth-order valence-corrected chi connectivity index (χ4v) is 4.12. The van der Waals surface area contributed by atoms with Gasteiger partial charge in [-0.2, -0.15) is 5.10 Å². The zero-order valence-corrected chi connectivity index (χ0v) is 17.5. The first-order valence-electron chi connectivity index (χ1n) is 9.04. The maximum absolute atomic E-state index is 12.7. The molecule has 1 N–H and O–H groups in total. The lowest BCUT2D eigenvalue weighted by atomic mass is 9.73. The molecule has 0 radical (unpaired) electrons. The van der Waals surface area contributed by atoms with E-state index in [2.05, 4.69) is 42.6 Å². The molecule has 4 aromatic heterocycles. The summed E-state index contributed by atoms with van der Waals surface area (Å²) in [6, 6.07) is 1.90. The molecule has 1 fully saturated rings. The molecule has 1 aliphatic rings. The number of aromatic amines is 1. The van der Waals surface area contributed by atoms with E-state index >= 15 is 0 Å². The molecular weight excluding hydrogens is 471 g/mol. The Balaban J connectivity index is 1.60. The summed E-state index contributed by atoms with van der Waals surface area (Å²) in [6.07, 6.45) is 6.89. The van der Waals surface area contributed by atoms with Gasteiger partial charge in [-0.15, -0.1) is 0 Å². The number of aryl methyl sites for hydroxylation is 2. The summed E-state index contributed by atoms with van der Waals surface area (Å²) in [5, 5.41) is 4.84. The van der Waals surface area contributed by atoms with Crippen molar-refractivity contribution in [3.05, 3.63) is 61.8 Å². The standard InChI is InChI=1S/C19H17IN6O2/c1-9-10(2)28-19(23-9)12-4-3-11(12)16-24-17-13(18(27)25-16)7-22-26(17)15-8-21-6-5-14(15)20/h5-8,11-12H,3-4H2,1-2H3,(H,24,25,27)/t11-,12-/m0/s1. The predicted molar refractivity (Wildman–Crippen MR) is 111 cm³/mol. The lowest BCUT2D eigenvalue weighted by Gasteiger charge is -2.33. The van der Waals surface area contributed by atoms with E-state index < -0.39 is 0 Å². The van der Waals surface area contributed by atoms with E-state index in [1.54, 1.807) is 23.3 Å². The van der Waals surface area contributed by atoms with E-state index in [1.807, 2.05) is 19.9 Å². The molecule has 28 heavy (non-hydrogen) atoms. The highest BCUT2D eigenvalue weighted by Crippen LogP contribution is 2.47. The van der Waals surface area contributed by atoms with E-state index in [0.29, 0.717) is 16.9 Å². The quantitative estimate of drug-likeness (QED) is 0.444. The van der Waals surface area contributed by atoms with Crippen molar-refractivity contribution in [3.63, 3.8) is 0 Å². The van der Waals surface area contributed by atoms with Crippen LogP contribution in [0, 0.1) is 17.4 Å². The van der Waals surface area contributed by atoms with Gasteiger partial charge in [-0.3, -0.25) is 9.78 Å². The fourth-order valence-electron chi connectivity index (χ4n) is 3.59. The molecule has 0 bridgehead atoms. The van der Waals surface area contributed by atoms with Crippen LogP contribution in [-0.2, 0) is 0 Å². The van der Waals surface area contributed by atoms with E-state index in [9.17, 15) is 4.79 Å². The summed E-state index contributed by atoms with van der Waals surface area (Å²) in [7, 11) is 0. The molecule has 0 aromatic carbocycles. The number of hydrogen-bond donors (Lipinski definition) is 1. The summed E-state index contributed by atoms with van der Waals surface area (Å²) < 4.78 is 8.48. The van der Waals surface area contributed by atoms with Crippen LogP contribution in [0.2, 0.25) is 0 Å². The van der Waals surface area contributed by atoms with Crippen LogP contribution in [0.3, 0.4) is 0 Å². The van der Waals surface area contributed by atoms with E-state index in [1.165, 1.54) is 0 Å². The molecule has 0 spiro atoms. The van der Waals surface area contributed by atoms with Crippen LogP contribution in [0.4, 0.5) is 0 Å². The van der Waals surface area contributed by atoms with Crippen molar-refractivity contribution in [2.75, 3.05) is 0 Å². The molecular formula is C19H17IN6O2. The van der Waals surface area contributed by atoms with Gasteiger partial charge in [0.1, 0.15) is 17.0 Å². The van der Waals surface area contributed by atoms with Crippen LogP contribution >= 0.6 is 22.6 Å². The number of hydrogen-bond acceptors (Lipinski definition) is 6. The van der Waals surface area contributed by atoms with E-state index in [4.69, 9.17) is 9.40 Å². The first-order valence-corrected chi connectivity index (χ1v) is 10.1. The predicted octanol–water partition coefficient (Wildman–Crippen LogP) is 3.37. The molecule has 5 rings (SSSR count). The van der Waals surface area contributed by atoms with E-state index in [0.717, 1.165) is 39.4 Å². The maximum atomic E-state index is 12.7. The Morgan fingerprint density at radius 1 is 1.21 bits per heavy atom. The highest BCUT2D eigenvalue weighted by molar-refractivity contribution is 14.1. The summed E-state index contributed by atoms with van der Waals surface area (Å²) in [5.41, 5.74) is 2.05. The van der Waals surface area contributed by atoms with Crippen molar-refractivity contribution in [1.82, 2.24) is 29.7 Å². The van der Waals surface area contributed by atoms with Gasteiger partial charge in [0.2, 0.25) is 0 Å². The van der Waals surface area contributed by atoms with Gasteiger partial charge in [-0.1, -0.05) is 0 Å². The number of rotatable bonds is 3. The van der Waals surface area contributed by atoms with Crippen LogP contribution in [0.25, 0.3) is 16.7 Å². The number of oxazole rings is 1. The second-order valence-corrected chi connectivity index (χ2v) is 8.22. The molecule has 2 atom stereocenters. The topological polar surface area (TPSA) is 102 Å². The van der Waals surface area contributed by atoms with Crippen molar-refractivity contribution in [3.8, 4) is 5.69 Å². The number of aromatic nitrogens is 6. The molecule has 142 valence electrons. The largest absolute Gasteiger partial charge is 0.445 e. The third-order valence-corrected chi connectivity index (χ3v) is 6.33. The molecule has 9 heteroatoms. The Kier molecular flexibility index (Phi) is 4.07. The highest BCUT2D eigenvalue weighted by atomic mass is 127. The van der Waals surface area contributed by atoms with Crippen molar-refractivity contribution >= 4 is 33.6 Å². The van der Waals surface area contributed by atoms with Crippen molar-refractivity contribution in [1.29, 1.82) is 0 Å². The minimum Gasteiger partial charge on any atom is -0.445 e. The van der Waals surface area contributed by atoms with Gasteiger partial charge in [-0.05, 0) is 55.3 Å². The lowest BCUT2D eigenvalue weighted by molar-refractivity contribution is 0.273. The average Bonchev–Trinajstić information content (AvgIpc) is 3.18. The monoisotopic (exact) mass is 488 g/mol. The van der Waals surface area contributed by atoms with Crippen molar-refractivity contribution in [2.45, 2.75) is 38.5 Å². The Labute approximate surface area is 173 Å². The van der Waals surface area contributed by atoms with Crippen LogP contribution in [-0.4, -0.2) is 29.7 Å². The number of pyridine rings is 1. The first-order chi connectivity index (χ1) is 13.5. The summed E-state index contributed by atoms with van der Waals surface area (Å²) >= 11 is 2.22. The Bertz CT molecular complexity index is 1240.